The van der Waals surface area contributed by atoms with Crippen molar-refractivity contribution in [3.8, 4) is 17.3 Å². The van der Waals surface area contributed by atoms with Crippen molar-refractivity contribution in [1.29, 1.82) is 5.26 Å². The largest absolute Gasteiger partial charge is 0.460 e. The molecular weight excluding hydrogens is 448 g/mol. The predicted molar refractivity (Wildman–Crippen MR) is 118 cm³/mol. The minimum absolute atomic E-state index is 0. The van der Waals surface area contributed by atoms with Crippen molar-refractivity contribution in [1.82, 2.24) is 14.7 Å². The second-order valence-corrected chi connectivity index (χ2v) is 7.56. The maximum absolute atomic E-state index is 12.6. The van der Waals surface area contributed by atoms with E-state index in [1.807, 2.05) is 24.5 Å². The maximum Gasteiger partial charge on any atom is 0.308 e. The molecule has 0 saturated carbocycles. The Hall–Kier alpha value is -3.18. The highest BCUT2D eigenvalue weighted by Crippen LogP contribution is 2.21. The normalized spacial score (nSPS) is 10.7. The number of amides is 1. The first-order valence-corrected chi connectivity index (χ1v) is 9.25. The number of ether oxygens (including phenoxy) is 1. The fraction of sp³-hybridized carbons (Fsp3) is 0.273. The number of halogens is 1. The van der Waals surface area contributed by atoms with Crippen LogP contribution in [0.5, 0.6) is 0 Å². The van der Waals surface area contributed by atoms with E-state index in [4.69, 9.17) is 10.00 Å². The highest BCUT2D eigenvalue weighted by atomic mass is 79.9. The summed E-state index contributed by atoms with van der Waals surface area (Å²) in [5.41, 5.74) is 2.50. The van der Waals surface area contributed by atoms with Gasteiger partial charge in [0.15, 0.2) is 0 Å². The molecule has 0 bridgehead atoms. The number of fused-ring (bicyclic) bond motifs is 1. The van der Waals surface area contributed by atoms with Crippen LogP contribution in [0, 0.1) is 11.3 Å². The molecule has 0 radical (unpaired) electrons. The number of hydrogen-bond donors (Lipinski definition) is 1. The van der Waals surface area contributed by atoms with E-state index in [0.29, 0.717) is 22.5 Å². The summed E-state index contributed by atoms with van der Waals surface area (Å²) in [7, 11) is 0. The minimum atomic E-state index is -0.551. The van der Waals surface area contributed by atoms with Gasteiger partial charge in [0.25, 0.3) is 5.91 Å². The third kappa shape index (κ3) is 5.67. The lowest BCUT2D eigenvalue weighted by atomic mass is 10.1. The molecule has 8 heteroatoms. The highest BCUT2D eigenvalue weighted by molar-refractivity contribution is 8.93. The SMILES string of the molecule is Br.CC(C)(C)OC(=O)CCNC(=O)c1cccn2cc(-c3ccc(C#N)cc3)nc12. The lowest BCUT2D eigenvalue weighted by molar-refractivity contribution is -0.154. The van der Waals surface area contributed by atoms with E-state index in [0.717, 1.165) is 5.56 Å². The number of nitrogens with zero attached hydrogens (tertiary/aromatic N) is 3. The van der Waals surface area contributed by atoms with Crippen LogP contribution >= 0.6 is 17.0 Å². The molecule has 0 fully saturated rings. The molecule has 3 aromatic rings. The van der Waals surface area contributed by atoms with Crippen molar-refractivity contribution in [3.05, 3.63) is 59.9 Å². The first kappa shape index (κ1) is 23.1. The van der Waals surface area contributed by atoms with Gasteiger partial charge in [0.05, 0.1) is 29.3 Å². The van der Waals surface area contributed by atoms with Gasteiger partial charge in [-0.25, -0.2) is 4.98 Å². The van der Waals surface area contributed by atoms with Crippen molar-refractivity contribution >= 4 is 34.5 Å². The molecule has 0 aliphatic heterocycles. The number of benzene rings is 1. The molecule has 7 nitrogen and oxygen atoms in total. The Bertz CT molecular complexity index is 1090. The number of nitrogens with one attached hydrogen (secondary N) is 1. The van der Waals surface area contributed by atoms with Gasteiger partial charge >= 0.3 is 5.97 Å². The molecule has 30 heavy (non-hydrogen) atoms. The monoisotopic (exact) mass is 470 g/mol. The first-order valence-electron chi connectivity index (χ1n) is 9.25. The Kier molecular flexibility index (Phi) is 7.35. The van der Waals surface area contributed by atoms with Crippen LogP contribution < -0.4 is 5.32 Å². The summed E-state index contributed by atoms with van der Waals surface area (Å²) in [5, 5.41) is 11.7. The number of rotatable bonds is 5. The molecule has 2 heterocycles. The summed E-state index contributed by atoms with van der Waals surface area (Å²) >= 11 is 0. The number of imidazole rings is 1. The van der Waals surface area contributed by atoms with Crippen molar-refractivity contribution in [2.24, 2.45) is 0 Å². The molecule has 0 aliphatic carbocycles. The summed E-state index contributed by atoms with van der Waals surface area (Å²) in [6, 6.07) is 12.6. The molecule has 2 aromatic heterocycles. The van der Waals surface area contributed by atoms with Crippen LogP contribution in [0.4, 0.5) is 0 Å². The van der Waals surface area contributed by atoms with Crippen LogP contribution in [0.2, 0.25) is 0 Å². The molecule has 1 amide bonds. The number of carbonyl (C=O) groups excluding carboxylic acids is 2. The summed E-state index contributed by atoms with van der Waals surface area (Å²) in [5.74, 6) is -0.670. The quantitative estimate of drug-likeness (QED) is 0.570. The van der Waals surface area contributed by atoms with Crippen molar-refractivity contribution in [3.63, 3.8) is 0 Å². The summed E-state index contributed by atoms with van der Waals surface area (Å²) in [6.07, 6.45) is 3.73. The fourth-order valence-electron chi connectivity index (χ4n) is 2.81. The van der Waals surface area contributed by atoms with Crippen LogP contribution in [0.15, 0.2) is 48.8 Å². The molecule has 0 atom stereocenters. The van der Waals surface area contributed by atoms with Crippen LogP contribution in [0.1, 0.15) is 43.1 Å². The number of esters is 1. The average Bonchev–Trinajstić information content (AvgIpc) is 3.10. The Morgan fingerprint density at radius 1 is 1.20 bits per heavy atom. The van der Waals surface area contributed by atoms with Crippen molar-refractivity contribution in [2.75, 3.05) is 6.54 Å². The molecule has 3 rings (SSSR count). The number of pyridine rings is 1. The van der Waals surface area contributed by atoms with Gasteiger partial charge in [-0.3, -0.25) is 9.59 Å². The first-order chi connectivity index (χ1) is 13.8. The molecule has 1 aromatic carbocycles. The average molecular weight is 471 g/mol. The third-order valence-corrected chi connectivity index (χ3v) is 4.07. The van der Waals surface area contributed by atoms with Crippen molar-refractivity contribution < 1.29 is 14.3 Å². The second-order valence-electron chi connectivity index (χ2n) is 7.56. The maximum atomic E-state index is 12.6. The van der Waals surface area contributed by atoms with Gasteiger partial charge in [0.1, 0.15) is 11.2 Å². The molecule has 0 unspecified atom stereocenters. The van der Waals surface area contributed by atoms with E-state index < -0.39 is 5.60 Å². The Morgan fingerprint density at radius 3 is 2.53 bits per heavy atom. The van der Waals surface area contributed by atoms with Gasteiger partial charge < -0.3 is 14.5 Å². The Labute approximate surface area is 185 Å². The van der Waals surface area contributed by atoms with Crippen LogP contribution in [0.3, 0.4) is 0 Å². The fourth-order valence-corrected chi connectivity index (χ4v) is 2.81. The van der Waals surface area contributed by atoms with E-state index in [1.165, 1.54) is 0 Å². The molecular formula is C22H23BrN4O3. The topological polar surface area (TPSA) is 96.5 Å². The number of hydrogen-bond acceptors (Lipinski definition) is 5. The van der Waals surface area contributed by atoms with Gasteiger partial charge in [-0.2, -0.15) is 5.26 Å². The number of aromatic nitrogens is 2. The lowest BCUT2D eigenvalue weighted by Gasteiger charge is -2.19. The van der Waals surface area contributed by atoms with Crippen molar-refractivity contribution in [2.45, 2.75) is 32.8 Å². The smallest absolute Gasteiger partial charge is 0.308 e. The van der Waals surface area contributed by atoms with Gasteiger partial charge in [-0.15, -0.1) is 17.0 Å². The predicted octanol–water partition coefficient (Wildman–Crippen LogP) is 3.91. The van der Waals surface area contributed by atoms with E-state index in [9.17, 15) is 9.59 Å². The van der Waals surface area contributed by atoms with E-state index in [-0.39, 0.29) is 41.8 Å². The standard InChI is InChI=1S/C22H22N4O3.BrH/c1-22(2,3)29-19(27)10-11-24-21(28)17-5-4-12-26-14-18(25-20(17)26)16-8-6-15(13-23)7-9-16;/h4-9,12,14H,10-11H2,1-3H3,(H,24,28);1H. The van der Waals surface area contributed by atoms with E-state index >= 15 is 0 Å². The lowest BCUT2D eigenvalue weighted by Crippen LogP contribution is -2.29. The Morgan fingerprint density at radius 2 is 1.90 bits per heavy atom. The van der Waals surface area contributed by atoms with Gasteiger partial charge in [-0.1, -0.05) is 12.1 Å². The third-order valence-electron chi connectivity index (χ3n) is 4.07. The zero-order chi connectivity index (χ0) is 21.0. The van der Waals surface area contributed by atoms with Crippen LogP contribution in [-0.2, 0) is 9.53 Å². The Balaban J connectivity index is 0.00000320. The van der Waals surface area contributed by atoms with Crippen LogP contribution in [-0.4, -0.2) is 33.4 Å². The molecule has 156 valence electrons. The summed E-state index contributed by atoms with van der Waals surface area (Å²) in [6.45, 7) is 5.58. The molecule has 1 N–H and O–H groups in total. The highest BCUT2D eigenvalue weighted by Gasteiger charge is 2.17. The minimum Gasteiger partial charge on any atom is -0.460 e. The molecule has 0 aliphatic rings. The van der Waals surface area contributed by atoms with Gasteiger partial charge in [0, 0.05) is 24.5 Å². The second kappa shape index (κ2) is 9.55. The summed E-state index contributed by atoms with van der Waals surface area (Å²) < 4.78 is 7.01. The molecule has 0 saturated heterocycles. The number of carbonyl (C=O) groups is 2. The summed E-state index contributed by atoms with van der Waals surface area (Å²) in [4.78, 5) is 29.0. The van der Waals surface area contributed by atoms with Gasteiger partial charge in [0.2, 0.25) is 0 Å². The zero-order valence-corrected chi connectivity index (χ0v) is 18.7. The zero-order valence-electron chi connectivity index (χ0n) is 17.0. The molecule has 0 spiro atoms. The number of nitriles is 1. The van der Waals surface area contributed by atoms with Crippen LogP contribution in [0.25, 0.3) is 16.9 Å². The van der Waals surface area contributed by atoms with E-state index in [2.05, 4.69) is 16.4 Å². The van der Waals surface area contributed by atoms with E-state index in [1.54, 1.807) is 49.4 Å². The van der Waals surface area contributed by atoms with Gasteiger partial charge in [-0.05, 0) is 45.0 Å².